The number of carbonyl (C=O) groups excluding carboxylic acids is 1. The highest BCUT2D eigenvalue weighted by atomic mass is 16.2. The number of rotatable bonds is 3. The van der Waals surface area contributed by atoms with Gasteiger partial charge in [-0.1, -0.05) is 0 Å². The van der Waals surface area contributed by atoms with E-state index in [1.165, 1.54) is 12.8 Å². The Bertz CT molecular complexity index is 201. The molecule has 0 radical (unpaired) electrons. The predicted molar refractivity (Wildman–Crippen MR) is 51.4 cm³/mol. The van der Waals surface area contributed by atoms with Gasteiger partial charge in [-0.3, -0.25) is 4.79 Å². The zero-order valence-electron chi connectivity index (χ0n) is 8.25. The van der Waals surface area contributed by atoms with E-state index in [0.717, 1.165) is 31.8 Å². The summed E-state index contributed by atoms with van der Waals surface area (Å²) in [5, 5.41) is 3.54. The van der Waals surface area contributed by atoms with E-state index in [1.54, 1.807) is 0 Å². The molecule has 2 fully saturated rings. The van der Waals surface area contributed by atoms with E-state index in [1.807, 2.05) is 11.9 Å². The molecule has 3 nitrogen and oxygen atoms in total. The van der Waals surface area contributed by atoms with Crippen molar-refractivity contribution in [2.24, 2.45) is 5.92 Å². The van der Waals surface area contributed by atoms with Crippen LogP contribution < -0.4 is 5.32 Å². The summed E-state index contributed by atoms with van der Waals surface area (Å²) in [5.74, 6) is 1.23. The maximum atomic E-state index is 11.2. The van der Waals surface area contributed by atoms with Crippen molar-refractivity contribution in [1.82, 2.24) is 10.2 Å². The Morgan fingerprint density at radius 1 is 1.46 bits per heavy atom. The van der Waals surface area contributed by atoms with Crippen LogP contribution in [0, 0.1) is 5.92 Å². The summed E-state index contributed by atoms with van der Waals surface area (Å²) in [6.45, 7) is 2.05. The smallest absolute Gasteiger partial charge is 0.222 e. The number of likely N-dealkylation sites (N-methyl/N-ethyl adjacent to an activating group) is 1. The number of nitrogens with one attached hydrogen (secondary N) is 1. The topological polar surface area (TPSA) is 32.3 Å². The number of hydrogen-bond donors (Lipinski definition) is 1. The van der Waals surface area contributed by atoms with E-state index >= 15 is 0 Å². The number of nitrogens with zero attached hydrogens (tertiary/aromatic N) is 1. The highest BCUT2D eigenvalue weighted by molar-refractivity contribution is 5.76. The van der Waals surface area contributed by atoms with Crippen LogP contribution in [0.2, 0.25) is 0 Å². The number of carbonyl (C=O) groups is 1. The van der Waals surface area contributed by atoms with Gasteiger partial charge in [-0.2, -0.15) is 0 Å². The largest absolute Gasteiger partial charge is 0.344 e. The molecule has 1 heterocycles. The van der Waals surface area contributed by atoms with E-state index in [9.17, 15) is 4.79 Å². The third-order valence-corrected chi connectivity index (χ3v) is 3.02. The third-order valence-electron chi connectivity index (χ3n) is 3.02. The van der Waals surface area contributed by atoms with Gasteiger partial charge in [-0.25, -0.2) is 0 Å². The average Bonchev–Trinajstić information content (AvgIpc) is 2.91. The predicted octanol–water partition coefficient (Wildman–Crippen LogP) is 0.607. The first-order chi connectivity index (χ1) is 6.25. The molecular weight excluding hydrogens is 164 g/mol. The van der Waals surface area contributed by atoms with Crippen LogP contribution in [-0.4, -0.2) is 37.0 Å². The first kappa shape index (κ1) is 9.00. The number of hydrogen-bond acceptors (Lipinski definition) is 2. The molecule has 1 atom stereocenters. The fourth-order valence-corrected chi connectivity index (χ4v) is 1.83. The molecule has 74 valence electrons. The van der Waals surface area contributed by atoms with Gasteiger partial charge in [-0.05, 0) is 31.7 Å². The highest BCUT2D eigenvalue weighted by Gasteiger charge is 2.25. The Balaban J connectivity index is 1.70. The molecule has 0 aromatic rings. The van der Waals surface area contributed by atoms with Crippen LogP contribution in [0.1, 0.15) is 25.7 Å². The molecular formula is C10H18N2O. The quantitative estimate of drug-likeness (QED) is 0.693. The van der Waals surface area contributed by atoms with Crippen LogP contribution in [-0.2, 0) is 4.79 Å². The van der Waals surface area contributed by atoms with Gasteiger partial charge in [0.2, 0.25) is 5.91 Å². The lowest BCUT2D eigenvalue weighted by atomic mass is 10.1. The van der Waals surface area contributed by atoms with Crippen molar-refractivity contribution in [2.75, 3.05) is 20.1 Å². The molecule has 1 amide bonds. The van der Waals surface area contributed by atoms with Crippen LogP contribution >= 0.6 is 0 Å². The number of likely N-dealkylation sites (tertiary alicyclic amines) is 1. The molecule has 0 aromatic heterocycles. The Morgan fingerprint density at radius 3 is 2.85 bits per heavy atom. The second-order valence-electron chi connectivity index (χ2n) is 4.36. The van der Waals surface area contributed by atoms with Crippen molar-refractivity contribution >= 4 is 5.91 Å². The summed E-state index contributed by atoms with van der Waals surface area (Å²) >= 11 is 0. The van der Waals surface area contributed by atoms with E-state index in [4.69, 9.17) is 0 Å². The summed E-state index contributed by atoms with van der Waals surface area (Å²) in [7, 11) is 1.90. The minimum absolute atomic E-state index is 0.296. The van der Waals surface area contributed by atoms with Gasteiger partial charge in [0.1, 0.15) is 0 Å². The monoisotopic (exact) mass is 182 g/mol. The standard InChI is InChI=1S/C10H18N2O/c1-12-7-9(4-5-10(12)13)11-6-8-2-3-8/h8-9,11H,2-7H2,1H3. The lowest BCUT2D eigenvalue weighted by Gasteiger charge is -2.30. The molecule has 1 aliphatic heterocycles. The van der Waals surface area contributed by atoms with Gasteiger partial charge in [0.15, 0.2) is 0 Å². The van der Waals surface area contributed by atoms with Gasteiger partial charge in [0.25, 0.3) is 0 Å². The number of piperidine rings is 1. The van der Waals surface area contributed by atoms with Crippen LogP contribution in [0.5, 0.6) is 0 Å². The third kappa shape index (κ3) is 2.44. The Labute approximate surface area is 79.5 Å². The molecule has 0 aromatic carbocycles. The second kappa shape index (κ2) is 3.66. The lowest BCUT2D eigenvalue weighted by molar-refractivity contribution is -0.132. The van der Waals surface area contributed by atoms with Gasteiger partial charge in [0.05, 0.1) is 0 Å². The van der Waals surface area contributed by atoms with Gasteiger partial charge in [-0.15, -0.1) is 0 Å². The van der Waals surface area contributed by atoms with E-state index in [-0.39, 0.29) is 0 Å². The van der Waals surface area contributed by atoms with Crippen molar-refractivity contribution in [3.63, 3.8) is 0 Å². The maximum absolute atomic E-state index is 11.2. The Hall–Kier alpha value is -0.570. The van der Waals surface area contributed by atoms with Crippen LogP contribution in [0.25, 0.3) is 0 Å². The fourth-order valence-electron chi connectivity index (χ4n) is 1.83. The van der Waals surface area contributed by atoms with Crippen molar-refractivity contribution in [3.05, 3.63) is 0 Å². The van der Waals surface area contributed by atoms with Crippen molar-refractivity contribution in [1.29, 1.82) is 0 Å². The minimum Gasteiger partial charge on any atom is -0.344 e. The summed E-state index contributed by atoms with van der Waals surface area (Å²) in [4.78, 5) is 13.0. The number of amides is 1. The Morgan fingerprint density at radius 2 is 2.23 bits per heavy atom. The summed E-state index contributed by atoms with van der Waals surface area (Å²) in [6, 6.07) is 0.545. The van der Waals surface area contributed by atoms with Crippen molar-refractivity contribution in [2.45, 2.75) is 31.7 Å². The van der Waals surface area contributed by atoms with Crippen molar-refractivity contribution in [3.8, 4) is 0 Å². The van der Waals surface area contributed by atoms with Crippen LogP contribution in [0.15, 0.2) is 0 Å². The lowest BCUT2D eigenvalue weighted by Crippen LogP contribution is -2.47. The summed E-state index contributed by atoms with van der Waals surface area (Å²) in [5.41, 5.74) is 0. The molecule has 2 rings (SSSR count). The first-order valence-corrected chi connectivity index (χ1v) is 5.23. The van der Waals surface area contributed by atoms with E-state index in [0.29, 0.717) is 11.9 Å². The molecule has 1 saturated heterocycles. The maximum Gasteiger partial charge on any atom is 0.222 e. The SMILES string of the molecule is CN1CC(NCC2CC2)CCC1=O. The Kier molecular flexibility index (Phi) is 2.54. The van der Waals surface area contributed by atoms with Gasteiger partial charge in [0, 0.05) is 26.1 Å². The van der Waals surface area contributed by atoms with Crippen molar-refractivity contribution < 1.29 is 4.79 Å². The highest BCUT2D eigenvalue weighted by Crippen LogP contribution is 2.28. The second-order valence-corrected chi connectivity index (χ2v) is 4.36. The molecule has 13 heavy (non-hydrogen) atoms. The molecule has 1 aliphatic carbocycles. The van der Waals surface area contributed by atoms with Gasteiger partial charge < -0.3 is 10.2 Å². The summed E-state index contributed by atoms with van der Waals surface area (Å²) < 4.78 is 0. The fraction of sp³-hybridized carbons (Fsp3) is 0.900. The van der Waals surface area contributed by atoms with Crippen LogP contribution in [0.3, 0.4) is 0 Å². The zero-order valence-corrected chi connectivity index (χ0v) is 8.25. The molecule has 0 bridgehead atoms. The first-order valence-electron chi connectivity index (χ1n) is 5.23. The normalized spacial score (nSPS) is 29.5. The molecule has 1 saturated carbocycles. The zero-order chi connectivity index (χ0) is 9.26. The molecule has 1 unspecified atom stereocenters. The molecule has 1 N–H and O–H groups in total. The van der Waals surface area contributed by atoms with E-state index < -0.39 is 0 Å². The van der Waals surface area contributed by atoms with Crippen LogP contribution in [0.4, 0.5) is 0 Å². The molecule has 3 heteroatoms. The molecule has 0 spiro atoms. The minimum atomic E-state index is 0.296. The molecule has 2 aliphatic rings. The van der Waals surface area contributed by atoms with E-state index in [2.05, 4.69) is 5.32 Å². The summed E-state index contributed by atoms with van der Waals surface area (Å²) in [6.07, 6.45) is 4.54. The average molecular weight is 182 g/mol. The van der Waals surface area contributed by atoms with Gasteiger partial charge >= 0.3 is 0 Å².